The fourth-order valence-electron chi connectivity index (χ4n) is 1.21. The van der Waals surface area contributed by atoms with Gasteiger partial charge in [-0.25, -0.2) is 0 Å². The zero-order chi connectivity index (χ0) is 12.4. The van der Waals surface area contributed by atoms with Gasteiger partial charge in [0.25, 0.3) is 0 Å². The molecule has 0 aromatic rings. The standard InChI is InChI=1S/C11H24BO3Si/c1-10(2,3)16(5,6)15-9-11(4)7-13-12-14-8-11/h7-9H2,1-6H3. The van der Waals surface area contributed by atoms with Gasteiger partial charge in [0.2, 0.25) is 0 Å². The topological polar surface area (TPSA) is 27.7 Å². The van der Waals surface area contributed by atoms with Crippen LogP contribution in [0.1, 0.15) is 27.7 Å². The predicted octanol–water partition coefficient (Wildman–Crippen LogP) is 2.60. The molecule has 0 aliphatic carbocycles. The molecule has 3 nitrogen and oxygen atoms in total. The van der Waals surface area contributed by atoms with Crippen molar-refractivity contribution >= 4 is 16.0 Å². The molecule has 0 aromatic heterocycles. The lowest BCUT2D eigenvalue weighted by atomic mass is 9.92. The average Bonchev–Trinajstić information content (AvgIpc) is 2.15. The van der Waals surface area contributed by atoms with Gasteiger partial charge in [0.05, 0.1) is 0 Å². The summed E-state index contributed by atoms with van der Waals surface area (Å²) in [5.74, 6) is 0. The minimum Gasteiger partial charge on any atom is -0.416 e. The third kappa shape index (κ3) is 3.58. The summed E-state index contributed by atoms with van der Waals surface area (Å²) in [6.07, 6.45) is 0. The highest BCUT2D eigenvalue weighted by atomic mass is 28.4. The fraction of sp³-hybridized carbons (Fsp3) is 1.00. The smallest absolute Gasteiger partial charge is 0.416 e. The molecular weight excluding hydrogens is 219 g/mol. The highest BCUT2D eigenvalue weighted by molar-refractivity contribution is 6.74. The molecule has 0 saturated carbocycles. The third-order valence-electron chi connectivity index (χ3n) is 3.59. The molecule has 93 valence electrons. The van der Waals surface area contributed by atoms with Crippen LogP contribution in [0.15, 0.2) is 0 Å². The van der Waals surface area contributed by atoms with Crippen LogP contribution in [0.5, 0.6) is 0 Å². The van der Waals surface area contributed by atoms with E-state index in [2.05, 4.69) is 40.8 Å². The molecule has 16 heavy (non-hydrogen) atoms. The van der Waals surface area contributed by atoms with Gasteiger partial charge in [-0.15, -0.1) is 0 Å². The highest BCUT2D eigenvalue weighted by Crippen LogP contribution is 2.37. The van der Waals surface area contributed by atoms with E-state index in [1.165, 1.54) is 7.69 Å². The Hall–Kier alpha value is 0.162. The van der Waals surface area contributed by atoms with E-state index in [1.54, 1.807) is 0 Å². The molecule has 0 bridgehead atoms. The molecule has 0 atom stereocenters. The fourth-order valence-corrected chi connectivity index (χ4v) is 2.36. The van der Waals surface area contributed by atoms with E-state index >= 15 is 0 Å². The normalized spacial score (nSPS) is 21.6. The van der Waals surface area contributed by atoms with Gasteiger partial charge < -0.3 is 13.7 Å². The van der Waals surface area contributed by atoms with Gasteiger partial charge in [0.15, 0.2) is 8.32 Å². The lowest BCUT2D eigenvalue weighted by molar-refractivity contribution is -0.00473. The summed E-state index contributed by atoms with van der Waals surface area (Å²) >= 11 is 0. The van der Waals surface area contributed by atoms with Crippen LogP contribution >= 0.6 is 0 Å². The molecule has 1 radical (unpaired) electrons. The van der Waals surface area contributed by atoms with Crippen LogP contribution in [-0.2, 0) is 13.7 Å². The third-order valence-corrected chi connectivity index (χ3v) is 8.07. The Balaban J connectivity index is 2.50. The first-order chi connectivity index (χ1) is 7.16. The number of hydrogen-bond donors (Lipinski definition) is 0. The Labute approximate surface area is 101 Å². The van der Waals surface area contributed by atoms with Gasteiger partial charge in [-0.3, -0.25) is 0 Å². The van der Waals surface area contributed by atoms with Crippen molar-refractivity contribution in [1.82, 2.24) is 0 Å². The monoisotopic (exact) mass is 243 g/mol. The Morgan fingerprint density at radius 1 is 1.25 bits per heavy atom. The lowest BCUT2D eigenvalue weighted by Gasteiger charge is -2.40. The molecule has 0 aromatic carbocycles. The Morgan fingerprint density at radius 2 is 1.75 bits per heavy atom. The van der Waals surface area contributed by atoms with Crippen molar-refractivity contribution < 1.29 is 13.7 Å². The summed E-state index contributed by atoms with van der Waals surface area (Å²) < 4.78 is 16.6. The SMILES string of the molecule is CC1(CO[Si](C)(C)C(C)(C)C)CO[B]OC1. The molecule has 1 rings (SSSR count). The maximum atomic E-state index is 6.20. The van der Waals surface area contributed by atoms with Crippen LogP contribution in [0.2, 0.25) is 18.1 Å². The van der Waals surface area contributed by atoms with E-state index in [0.29, 0.717) is 13.2 Å². The minimum absolute atomic E-state index is 0.00965. The van der Waals surface area contributed by atoms with E-state index in [1.807, 2.05) is 0 Å². The van der Waals surface area contributed by atoms with Crippen LogP contribution < -0.4 is 0 Å². The second-order valence-corrected chi connectivity index (χ2v) is 11.4. The van der Waals surface area contributed by atoms with Crippen LogP contribution in [0.3, 0.4) is 0 Å². The van der Waals surface area contributed by atoms with Gasteiger partial charge in [0, 0.05) is 25.2 Å². The maximum Gasteiger partial charge on any atom is 0.488 e. The van der Waals surface area contributed by atoms with Crippen molar-refractivity contribution in [1.29, 1.82) is 0 Å². The van der Waals surface area contributed by atoms with E-state index in [-0.39, 0.29) is 10.5 Å². The van der Waals surface area contributed by atoms with Gasteiger partial charge in [-0.1, -0.05) is 27.7 Å². The van der Waals surface area contributed by atoms with Gasteiger partial charge in [-0.2, -0.15) is 0 Å². The first kappa shape index (κ1) is 14.2. The Morgan fingerprint density at radius 3 is 2.19 bits per heavy atom. The molecule has 5 heteroatoms. The summed E-state index contributed by atoms with van der Waals surface area (Å²) in [6, 6.07) is 0. The average molecular weight is 243 g/mol. The molecule has 1 fully saturated rings. The van der Waals surface area contributed by atoms with Crippen molar-refractivity contribution in [2.45, 2.75) is 45.8 Å². The van der Waals surface area contributed by atoms with Crippen molar-refractivity contribution in [2.24, 2.45) is 5.41 Å². The van der Waals surface area contributed by atoms with Crippen molar-refractivity contribution in [2.75, 3.05) is 19.8 Å². The largest absolute Gasteiger partial charge is 0.488 e. The minimum atomic E-state index is -1.66. The molecule has 0 N–H and O–H groups in total. The van der Waals surface area contributed by atoms with E-state index in [4.69, 9.17) is 13.7 Å². The summed E-state index contributed by atoms with van der Waals surface area (Å²) in [7, 11) is -0.233. The summed E-state index contributed by atoms with van der Waals surface area (Å²) in [6.45, 7) is 15.5. The second-order valence-electron chi connectivity index (χ2n) is 6.58. The number of hydrogen-bond acceptors (Lipinski definition) is 3. The van der Waals surface area contributed by atoms with Gasteiger partial charge in [-0.05, 0) is 18.1 Å². The van der Waals surface area contributed by atoms with Crippen LogP contribution in [0, 0.1) is 5.41 Å². The zero-order valence-electron chi connectivity index (χ0n) is 11.4. The maximum absolute atomic E-state index is 6.20. The molecule has 0 unspecified atom stereocenters. The zero-order valence-corrected chi connectivity index (χ0v) is 12.4. The second kappa shape index (κ2) is 4.80. The number of rotatable bonds is 3. The molecule has 0 amide bonds. The molecule has 1 aliphatic heterocycles. The first-order valence-corrected chi connectivity index (χ1v) is 8.76. The Bertz CT molecular complexity index is 232. The van der Waals surface area contributed by atoms with E-state index < -0.39 is 8.32 Å². The molecule has 1 heterocycles. The molecule has 1 saturated heterocycles. The van der Waals surface area contributed by atoms with Crippen LogP contribution in [0.4, 0.5) is 0 Å². The van der Waals surface area contributed by atoms with Crippen molar-refractivity contribution in [3.05, 3.63) is 0 Å². The summed E-state index contributed by atoms with van der Waals surface area (Å²) in [5.41, 5.74) is -0.00965. The summed E-state index contributed by atoms with van der Waals surface area (Å²) in [4.78, 5) is 0. The molecule has 0 spiro atoms. The summed E-state index contributed by atoms with van der Waals surface area (Å²) in [5, 5.41) is 0.256. The molecule has 1 aliphatic rings. The molecular formula is C11H24BO3Si. The Kier molecular flexibility index (Phi) is 4.27. The first-order valence-electron chi connectivity index (χ1n) is 5.85. The van der Waals surface area contributed by atoms with E-state index in [9.17, 15) is 0 Å². The quantitative estimate of drug-likeness (QED) is 0.713. The van der Waals surface area contributed by atoms with Crippen molar-refractivity contribution in [3.8, 4) is 0 Å². The van der Waals surface area contributed by atoms with Crippen LogP contribution in [0.25, 0.3) is 0 Å². The van der Waals surface area contributed by atoms with E-state index in [0.717, 1.165) is 6.61 Å². The van der Waals surface area contributed by atoms with Gasteiger partial charge in [0.1, 0.15) is 0 Å². The van der Waals surface area contributed by atoms with Crippen molar-refractivity contribution in [3.63, 3.8) is 0 Å². The predicted molar refractivity (Wildman–Crippen MR) is 68.9 cm³/mol. The van der Waals surface area contributed by atoms with Gasteiger partial charge >= 0.3 is 7.69 Å². The highest BCUT2D eigenvalue weighted by Gasteiger charge is 2.40. The lowest BCUT2D eigenvalue weighted by Crippen LogP contribution is -2.47. The van der Waals surface area contributed by atoms with Crippen LogP contribution in [-0.4, -0.2) is 35.8 Å².